The Balaban J connectivity index is 2.13. The molecule has 0 saturated heterocycles. The predicted octanol–water partition coefficient (Wildman–Crippen LogP) is 4.19. The molecule has 0 heterocycles. The number of hydrogen-bond acceptors (Lipinski definition) is 3. The van der Waals surface area contributed by atoms with Crippen LogP contribution < -0.4 is 10.1 Å². The molecule has 1 N–H and O–H groups in total. The third-order valence-electron chi connectivity index (χ3n) is 3.43. The van der Waals surface area contributed by atoms with Crippen molar-refractivity contribution >= 4 is 33.4 Å². The third kappa shape index (κ3) is 5.06. The van der Waals surface area contributed by atoms with Crippen LogP contribution >= 0.6 is 15.9 Å². The Morgan fingerprint density at radius 3 is 2.52 bits per heavy atom. The van der Waals surface area contributed by atoms with E-state index in [9.17, 15) is 9.59 Å². The molecule has 0 aliphatic rings. The maximum atomic E-state index is 12.4. The number of halogens is 1. The monoisotopic (exact) mass is 404 g/mol. The summed E-state index contributed by atoms with van der Waals surface area (Å²) in [6.07, 6.45) is 0.913. The SMILES string of the molecule is CCCOc1ccc(C(=O)Nc2cccc(C(=O)N(C)C)c2)cc1Br. The smallest absolute Gasteiger partial charge is 0.255 e. The average molecular weight is 405 g/mol. The Kier molecular flexibility index (Phi) is 6.58. The quantitative estimate of drug-likeness (QED) is 0.784. The molecule has 2 aromatic carbocycles. The van der Waals surface area contributed by atoms with Crippen LogP contribution in [0.5, 0.6) is 5.75 Å². The lowest BCUT2D eigenvalue weighted by molar-refractivity contribution is 0.0827. The summed E-state index contributed by atoms with van der Waals surface area (Å²) in [4.78, 5) is 25.9. The number of nitrogens with zero attached hydrogens (tertiary/aromatic N) is 1. The second-order valence-electron chi connectivity index (χ2n) is 5.73. The average Bonchev–Trinajstić information content (AvgIpc) is 2.60. The van der Waals surface area contributed by atoms with Crippen LogP contribution in [0.15, 0.2) is 46.9 Å². The Labute approximate surface area is 156 Å². The number of rotatable bonds is 6. The van der Waals surface area contributed by atoms with Crippen molar-refractivity contribution in [3.05, 3.63) is 58.1 Å². The first kappa shape index (κ1) is 19.0. The minimum atomic E-state index is -0.253. The maximum absolute atomic E-state index is 12.4. The minimum absolute atomic E-state index is 0.115. The zero-order valence-electron chi connectivity index (χ0n) is 14.5. The number of anilines is 1. The number of hydrogen-bond donors (Lipinski definition) is 1. The molecule has 0 aliphatic heterocycles. The fourth-order valence-corrected chi connectivity index (χ4v) is 2.66. The maximum Gasteiger partial charge on any atom is 0.255 e. The molecule has 0 unspecified atom stereocenters. The van der Waals surface area contributed by atoms with Gasteiger partial charge in [0.2, 0.25) is 0 Å². The van der Waals surface area contributed by atoms with E-state index in [0.29, 0.717) is 29.2 Å². The van der Waals surface area contributed by atoms with Gasteiger partial charge in [0.15, 0.2) is 0 Å². The normalized spacial score (nSPS) is 10.2. The molecule has 0 aromatic heterocycles. The molecule has 0 atom stereocenters. The molecule has 0 aliphatic carbocycles. The molecule has 6 heteroatoms. The van der Waals surface area contributed by atoms with Gasteiger partial charge in [0.05, 0.1) is 11.1 Å². The van der Waals surface area contributed by atoms with Crippen molar-refractivity contribution in [1.29, 1.82) is 0 Å². The van der Waals surface area contributed by atoms with Crippen molar-refractivity contribution in [2.45, 2.75) is 13.3 Å². The Morgan fingerprint density at radius 2 is 1.88 bits per heavy atom. The van der Waals surface area contributed by atoms with Crippen molar-refractivity contribution < 1.29 is 14.3 Å². The summed E-state index contributed by atoms with van der Waals surface area (Å²) in [5.41, 5.74) is 1.59. The van der Waals surface area contributed by atoms with E-state index < -0.39 is 0 Å². The first-order chi connectivity index (χ1) is 11.9. The number of ether oxygens (including phenoxy) is 1. The molecule has 0 spiro atoms. The summed E-state index contributed by atoms with van der Waals surface area (Å²) in [7, 11) is 3.38. The second-order valence-corrected chi connectivity index (χ2v) is 6.58. The van der Waals surface area contributed by atoms with Crippen LogP contribution in [0.4, 0.5) is 5.69 Å². The number of carbonyl (C=O) groups is 2. The van der Waals surface area contributed by atoms with Gasteiger partial charge in [-0.2, -0.15) is 0 Å². The van der Waals surface area contributed by atoms with Crippen LogP contribution in [-0.4, -0.2) is 37.4 Å². The highest BCUT2D eigenvalue weighted by atomic mass is 79.9. The van der Waals surface area contributed by atoms with Gasteiger partial charge in [-0.25, -0.2) is 0 Å². The third-order valence-corrected chi connectivity index (χ3v) is 4.05. The Morgan fingerprint density at radius 1 is 1.12 bits per heavy atom. The molecule has 5 nitrogen and oxygen atoms in total. The van der Waals surface area contributed by atoms with E-state index in [1.165, 1.54) is 4.90 Å². The first-order valence-corrected chi connectivity index (χ1v) is 8.77. The lowest BCUT2D eigenvalue weighted by Crippen LogP contribution is -2.22. The zero-order valence-corrected chi connectivity index (χ0v) is 16.1. The molecule has 0 saturated carbocycles. The highest BCUT2D eigenvalue weighted by molar-refractivity contribution is 9.10. The van der Waals surface area contributed by atoms with Crippen LogP contribution in [0.2, 0.25) is 0 Å². The van der Waals surface area contributed by atoms with Crippen molar-refractivity contribution in [2.24, 2.45) is 0 Å². The van der Waals surface area contributed by atoms with E-state index in [4.69, 9.17) is 4.74 Å². The van der Waals surface area contributed by atoms with Gasteiger partial charge in [-0.3, -0.25) is 9.59 Å². The van der Waals surface area contributed by atoms with Crippen LogP contribution in [0.1, 0.15) is 34.1 Å². The van der Waals surface area contributed by atoms with Crippen LogP contribution in [-0.2, 0) is 0 Å². The fourth-order valence-electron chi connectivity index (χ4n) is 2.16. The molecule has 0 fully saturated rings. The number of carbonyl (C=O) groups excluding carboxylic acids is 2. The molecule has 25 heavy (non-hydrogen) atoms. The summed E-state index contributed by atoms with van der Waals surface area (Å²) in [6.45, 7) is 2.65. The van der Waals surface area contributed by atoms with Crippen molar-refractivity contribution in [3.8, 4) is 5.75 Å². The van der Waals surface area contributed by atoms with E-state index >= 15 is 0 Å². The molecular formula is C19H21BrN2O3. The van der Waals surface area contributed by atoms with Gasteiger partial charge in [-0.15, -0.1) is 0 Å². The van der Waals surface area contributed by atoms with Crippen molar-refractivity contribution in [3.63, 3.8) is 0 Å². The van der Waals surface area contributed by atoms with Gasteiger partial charge < -0.3 is 15.0 Å². The predicted molar refractivity (Wildman–Crippen MR) is 102 cm³/mol. The summed E-state index contributed by atoms with van der Waals surface area (Å²) < 4.78 is 6.31. The Hall–Kier alpha value is -2.34. The summed E-state index contributed by atoms with van der Waals surface area (Å²) >= 11 is 3.42. The van der Waals surface area contributed by atoms with Gasteiger partial charge in [0.1, 0.15) is 5.75 Å². The van der Waals surface area contributed by atoms with E-state index in [1.54, 1.807) is 56.6 Å². The highest BCUT2D eigenvalue weighted by Crippen LogP contribution is 2.26. The van der Waals surface area contributed by atoms with Gasteiger partial charge in [0, 0.05) is 30.9 Å². The molecule has 132 valence electrons. The molecule has 2 amide bonds. The Bertz CT molecular complexity index is 775. The van der Waals surface area contributed by atoms with Crippen LogP contribution in [0.25, 0.3) is 0 Å². The number of benzene rings is 2. The van der Waals surface area contributed by atoms with Gasteiger partial charge in [-0.05, 0) is 58.7 Å². The molecule has 2 aromatic rings. The lowest BCUT2D eigenvalue weighted by atomic mass is 10.1. The van der Waals surface area contributed by atoms with Crippen LogP contribution in [0.3, 0.4) is 0 Å². The van der Waals surface area contributed by atoms with Crippen molar-refractivity contribution in [2.75, 3.05) is 26.0 Å². The zero-order chi connectivity index (χ0) is 18.4. The highest BCUT2D eigenvalue weighted by Gasteiger charge is 2.12. The van der Waals surface area contributed by atoms with Crippen molar-refractivity contribution in [1.82, 2.24) is 4.90 Å². The summed E-state index contributed by atoms with van der Waals surface area (Å²) in [5, 5.41) is 2.81. The largest absolute Gasteiger partial charge is 0.492 e. The molecule has 0 bridgehead atoms. The van der Waals surface area contributed by atoms with Crippen LogP contribution in [0, 0.1) is 0 Å². The standard InChI is InChI=1S/C19H21BrN2O3/c1-4-10-25-17-9-8-13(12-16(17)20)18(23)21-15-7-5-6-14(11-15)19(24)22(2)3/h5-9,11-12H,4,10H2,1-3H3,(H,21,23). The van der Waals surface area contributed by atoms with E-state index in [-0.39, 0.29) is 11.8 Å². The van der Waals surface area contributed by atoms with E-state index in [2.05, 4.69) is 21.2 Å². The summed E-state index contributed by atoms with van der Waals surface area (Å²) in [6, 6.07) is 12.1. The van der Waals surface area contributed by atoms with E-state index in [0.717, 1.165) is 10.9 Å². The number of amides is 2. The van der Waals surface area contributed by atoms with Gasteiger partial charge in [-0.1, -0.05) is 13.0 Å². The molecular weight excluding hydrogens is 384 g/mol. The van der Waals surface area contributed by atoms with Gasteiger partial charge in [0.25, 0.3) is 11.8 Å². The van der Waals surface area contributed by atoms with E-state index in [1.807, 2.05) is 6.92 Å². The lowest BCUT2D eigenvalue weighted by Gasteiger charge is -2.12. The summed E-state index contributed by atoms with van der Waals surface area (Å²) in [5.74, 6) is 0.338. The second kappa shape index (κ2) is 8.67. The van der Waals surface area contributed by atoms with Gasteiger partial charge >= 0.3 is 0 Å². The topological polar surface area (TPSA) is 58.6 Å². The first-order valence-electron chi connectivity index (χ1n) is 7.97. The number of nitrogens with one attached hydrogen (secondary N) is 1. The molecule has 2 rings (SSSR count). The fraction of sp³-hybridized carbons (Fsp3) is 0.263. The molecule has 0 radical (unpaired) electrons. The minimum Gasteiger partial charge on any atom is -0.492 e.